The van der Waals surface area contributed by atoms with Gasteiger partial charge >= 0.3 is 0 Å². The molecular weight excluding hydrogens is 216 g/mol. The average molecular weight is 242 g/mol. The topological polar surface area (TPSA) is 64.3 Å². The standard InChI is InChI=1S/C13H26N2O2/c1-3-4-9-15-13(16)10(2)17-12-7-5-11(14)6-8-12/h10-12H,3-9,14H2,1-2H3,(H,15,16). The minimum atomic E-state index is -0.341. The van der Waals surface area contributed by atoms with E-state index in [9.17, 15) is 4.79 Å². The SMILES string of the molecule is CCCCNC(=O)C(C)OC1CCC(N)CC1. The Morgan fingerprint density at radius 1 is 1.41 bits per heavy atom. The zero-order valence-corrected chi connectivity index (χ0v) is 11.1. The quantitative estimate of drug-likeness (QED) is 0.695. The Balaban J connectivity index is 2.19. The van der Waals surface area contributed by atoms with Crippen molar-refractivity contribution in [2.45, 2.75) is 70.6 Å². The third-order valence-corrected chi connectivity index (χ3v) is 3.31. The maximum absolute atomic E-state index is 11.7. The molecule has 100 valence electrons. The predicted octanol–water partition coefficient (Wildman–Crippen LogP) is 1.58. The van der Waals surface area contributed by atoms with Crippen LogP contribution in [0.4, 0.5) is 0 Å². The molecule has 17 heavy (non-hydrogen) atoms. The van der Waals surface area contributed by atoms with E-state index in [1.165, 1.54) is 0 Å². The first-order valence-electron chi connectivity index (χ1n) is 6.82. The molecule has 1 saturated carbocycles. The summed E-state index contributed by atoms with van der Waals surface area (Å²) in [6.45, 7) is 4.69. The number of carbonyl (C=O) groups excluding carboxylic acids is 1. The van der Waals surface area contributed by atoms with Crippen molar-refractivity contribution in [3.8, 4) is 0 Å². The Kier molecular flexibility index (Phi) is 6.52. The Morgan fingerprint density at radius 3 is 2.65 bits per heavy atom. The second-order valence-electron chi connectivity index (χ2n) is 4.96. The number of carbonyl (C=O) groups is 1. The molecule has 4 nitrogen and oxygen atoms in total. The zero-order chi connectivity index (χ0) is 12.7. The van der Waals surface area contributed by atoms with Gasteiger partial charge < -0.3 is 15.8 Å². The summed E-state index contributed by atoms with van der Waals surface area (Å²) in [5.41, 5.74) is 5.83. The van der Waals surface area contributed by atoms with E-state index in [0.717, 1.165) is 45.1 Å². The molecule has 1 aliphatic rings. The lowest BCUT2D eigenvalue weighted by Gasteiger charge is -2.28. The molecule has 3 N–H and O–H groups in total. The lowest BCUT2D eigenvalue weighted by Crippen LogP contribution is -2.39. The molecule has 0 saturated heterocycles. The Morgan fingerprint density at radius 2 is 2.06 bits per heavy atom. The maximum Gasteiger partial charge on any atom is 0.248 e. The first-order chi connectivity index (χ1) is 8.13. The fourth-order valence-corrected chi connectivity index (χ4v) is 2.11. The monoisotopic (exact) mass is 242 g/mol. The van der Waals surface area contributed by atoms with Gasteiger partial charge in [-0.3, -0.25) is 4.79 Å². The Bertz CT molecular complexity index is 225. The van der Waals surface area contributed by atoms with Crippen molar-refractivity contribution in [1.82, 2.24) is 5.32 Å². The zero-order valence-electron chi connectivity index (χ0n) is 11.1. The van der Waals surface area contributed by atoms with Gasteiger partial charge in [0, 0.05) is 12.6 Å². The van der Waals surface area contributed by atoms with Crippen molar-refractivity contribution in [3.05, 3.63) is 0 Å². The second-order valence-corrected chi connectivity index (χ2v) is 4.96. The summed E-state index contributed by atoms with van der Waals surface area (Å²) >= 11 is 0. The van der Waals surface area contributed by atoms with Gasteiger partial charge in [-0.2, -0.15) is 0 Å². The Hall–Kier alpha value is -0.610. The molecule has 4 heteroatoms. The molecule has 0 aliphatic heterocycles. The van der Waals surface area contributed by atoms with E-state index in [1.54, 1.807) is 0 Å². The fraction of sp³-hybridized carbons (Fsp3) is 0.923. The normalized spacial score (nSPS) is 26.5. The molecule has 0 spiro atoms. The van der Waals surface area contributed by atoms with E-state index in [-0.39, 0.29) is 18.1 Å². The van der Waals surface area contributed by atoms with Gasteiger partial charge in [0.1, 0.15) is 6.10 Å². The molecule has 0 radical (unpaired) electrons. The number of ether oxygens (including phenoxy) is 1. The fourth-order valence-electron chi connectivity index (χ4n) is 2.11. The molecule has 0 aromatic rings. The van der Waals surface area contributed by atoms with Crippen molar-refractivity contribution in [2.24, 2.45) is 5.73 Å². The number of nitrogens with one attached hydrogen (secondary N) is 1. The van der Waals surface area contributed by atoms with Gasteiger partial charge in [0.05, 0.1) is 6.10 Å². The van der Waals surface area contributed by atoms with Crippen LogP contribution in [0.2, 0.25) is 0 Å². The van der Waals surface area contributed by atoms with Crippen molar-refractivity contribution >= 4 is 5.91 Å². The summed E-state index contributed by atoms with van der Waals surface area (Å²) in [4.78, 5) is 11.7. The van der Waals surface area contributed by atoms with Crippen LogP contribution in [0.5, 0.6) is 0 Å². The van der Waals surface area contributed by atoms with Crippen LogP contribution in [0.3, 0.4) is 0 Å². The third kappa shape index (κ3) is 5.50. The number of hydrogen-bond acceptors (Lipinski definition) is 3. The maximum atomic E-state index is 11.7. The molecule has 0 heterocycles. The molecule has 1 amide bonds. The summed E-state index contributed by atoms with van der Waals surface area (Å²) in [5.74, 6) is 0.00771. The van der Waals surface area contributed by atoms with Crippen molar-refractivity contribution in [2.75, 3.05) is 6.54 Å². The number of unbranched alkanes of at least 4 members (excludes halogenated alkanes) is 1. The van der Waals surface area contributed by atoms with E-state index in [4.69, 9.17) is 10.5 Å². The molecule has 0 aromatic carbocycles. The highest BCUT2D eigenvalue weighted by molar-refractivity contribution is 5.80. The lowest BCUT2D eigenvalue weighted by molar-refractivity contribution is -0.136. The van der Waals surface area contributed by atoms with E-state index < -0.39 is 0 Å². The van der Waals surface area contributed by atoms with Crippen LogP contribution in [0.1, 0.15) is 52.4 Å². The van der Waals surface area contributed by atoms with Crippen LogP contribution < -0.4 is 11.1 Å². The van der Waals surface area contributed by atoms with Crippen LogP contribution in [0.15, 0.2) is 0 Å². The largest absolute Gasteiger partial charge is 0.365 e. The van der Waals surface area contributed by atoms with E-state index in [1.807, 2.05) is 6.92 Å². The van der Waals surface area contributed by atoms with Crippen molar-refractivity contribution in [1.29, 1.82) is 0 Å². The summed E-state index contributed by atoms with van der Waals surface area (Å²) < 4.78 is 5.76. The molecule has 1 unspecified atom stereocenters. The van der Waals surface area contributed by atoms with Crippen molar-refractivity contribution in [3.63, 3.8) is 0 Å². The highest BCUT2D eigenvalue weighted by Gasteiger charge is 2.23. The van der Waals surface area contributed by atoms with Gasteiger partial charge in [0.2, 0.25) is 5.91 Å². The van der Waals surface area contributed by atoms with Gasteiger partial charge in [-0.15, -0.1) is 0 Å². The number of rotatable bonds is 6. The van der Waals surface area contributed by atoms with Crippen molar-refractivity contribution < 1.29 is 9.53 Å². The van der Waals surface area contributed by atoms with Crippen LogP contribution >= 0.6 is 0 Å². The minimum absolute atomic E-state index is 0.00771. The van der Waals surface area contributed by atoms with E-state index >= 15 is 0 Å². The molecule has 0 aromatic heterocycles. The van der Waals surface area contributed by atoms with Crippen LogP contribution in [0, 0.1) is 0 Å². The third-order valence-electron chi connectivity index (χ3n) is 3.31. The highest BCUT2D eigenvalue weighted by Crippen LogP contribution is 2.20. The average Bonchev–Trinajstić information content (AvgIpc) is 2.32. The van der Waals surface area contributed by atoms with E-state index in [0.29, 0.717) is 6.04 Å². The summed E-state index contributed by atoms with van der Waals surface area (Å²) in [7, 11) is 0. The molecule has 1 aliphatic carbocycles. The summed E-state index contributed by atoms with van der Waals surface area (Å²) in [6.07, 6.45) is 5.96. The molecule has 0 bridgehead atoms. The van der Waals surface area contributed by atoms with Gasteiger partial charge in [-0.1, -0.05) is 13.3 Å². The van der Waals surface area contributed by atoms with E-state index in [2.05, 4.69) is 12.2 Å². The highest BCUT2D eigenvalue weighted by atomic mass is 16.5. The molecule has 1 rings (SSSR count). The first kappa shape index (κ1) is 14.5. The van der Waals surface area contributed by atoms with Gasteiger partial charge in [0.25, 0.3) is 0 Å². The lowest BCUT2D eigenvalue weighted by atomic mass is 9.93. The van der Waals surface area contributed by atoms with Gasteiger partial charge in [-0.25, -0.2) is 0 Å². The van der Waals surface area contributed by atoms with Gasteiger partial charge in [-0.05, 0) is 39.0 Å². The smallest absolute Gasteiger partial charge is 0.248 e. The number of hydrogen-bond donors (Lipinski definition) is 2. The van der Waals surface area contributed by atoms with Gasteiger partial charge in [0.15, 0.2) is 0 Å². The van der Waals surface area contributed by atoms with Crippen LogP contribution in [0.25, 0.3) is 0 Å². The van der Waals surface area contributed by atoms with Crippen LogP contribution in [-0.2, 0) is 9.53 Å². The Labute approximate surface area is 104 Å². The summed E-state index contributed by atoms with van der Waals surface area (Å²) in [6, 6.07) is 0.323. The first-order valence-corrected chi connectivity index (χ1v) is 6.82. The summed E-state index contributed by atoms with van der Waals surface area (Å²) in [5, 5.41) is 2.89. The van der Waals surface area contributed by atoms with Crippen LogP contribution in [-0.4, -0.2) is 30.7 Å². The minimum Gasteiger partial charge on any atom is -0.365 e. The molecular formula is C13H26N2O2. The number of amides is 1. The molecule has 1 fully saturated rings. The number of nitrogens with two attached hydrogens (primary N) is 1. The second kappa shape index (κ2) is 7.67. The predicted molar refractivity (Wildman–Crippen MR) is 68.7 cm³/mol. The molecule has 1 atom stereocenters.